The number of carboxylic acid groups (broad SMARTS) is 1. The molecule has 7 heteroatoms. The van der Waals surface area contributed by atoms with Gasteiger partial charge in [-0.25, -0.2) is 14.8 Å². The first-order valence-corrected chi connectivity index (χ1v) is 6.75. The van der Waals surface area contributed by atoms with Crippen LogP contribution in [0, 0.1) is 6.92 Å². The molecule has 0 spiro atoms. The molecule has 0 aromatic carbocycles. The average molecular weight is 280 g/mol. The van der Waals surface area contributed by atoms with Crippen LogP contribution in [0.2, 0.25) is 0 Å². The van der Waals surface area contributed by atoms with Crippen molar-refractivity contribution in [3.63, 3.8) is 0 Å². The van der Waals surface area contributed by atoms with Crippen LogP contribution in [0.5, 0.6) is 0 Å². The molecule has 1 aliphatic rings. The summed E-state index contributed by atoms with van der Waals surface area (Å²) in [6, 6.07) is 0. The molecule has 1 aromatic heterocycles. The molecule has 1 fully saturated rings. The Labute approximate surface area is 118 Å². The standard InChI is InChI=1S/C13H20N4O3/c1-3-17-4-5-20-10(8-17)6-14-13-15-7-11(12(18)19)9(2)16-13/h7,10H,3-6,8H2,1-2H3,(H,18,19)(H,14,15,16). The summed E-state index contributed by atoms with van der Waals surface area (Å²) in [5, 5.41) is 12.0. The number of hydrogen-bond acceptors (Lipinski definition) is 6. The van der Waals surface area contributed by atoms with Gasteiger partial charge in [0.2, 0.25) is 5.95 Å². The average Bonchev–Trinajstić information content (AvgIpc) is 2.45. The normalized spacial score (nSPS) is 19.8. The number of anilines is 1. The van der Waals surface area contributed by atoms with Gasteiger partial charge in [-0.05, 0) is 13.5 Å². The second-order valence-corrected chi connectivity index (χ2v) is 4.76. The summed E-state index contributed by atoms with van der Waals surface area (Å²) < 4.78 is 5.67. The first-order chi connectivity index (χ1) is 9.60. The Balaban J connectivity index is 1.91. The van der Waals surface area contributed by atoms with Crippen LogP contribution in [0.3, 0.4) is 0 Å². The highest BCUT2D eigenvalue weighted by atomic mass is 16.5. The molecule has 0 aliphatic carbocycles. The molecule has 1 aromatic rings. The van der Waals surface area contributed by atoms with Crippen molar-refractivity contribution >= 4 is 11.9 Å². The molecule has 0 saturated carbocycles. The minimum atomic E-state index is -1.01. The largest absolute Gasteiger partial charge is 0.478 e. The number of carboxylic acids is 1. The summed E-state index contributed by atoms with van der Waals surface area (Å²) in [7, 11) is 0. The number of nitrogens with zero attached hydrogens (tertiary/aromatic N) is 3. The van der Waals surface area contributed by atoms with Gasteiger partial charge in [-0.1, -0.05) is 6.92 Å². The second-order valence-electron chi connectivity index (χ2n) is 4.76. The van der Waals surface area contributed by atoms with Gasteiger partial charge in [0.15, 0.2) is 0 Å². The highest BCUT2D eigenvalue weighted by molar-refractivity contribution is 5.88. The molecule has 1 atom stereocenters. The maximum atomic E-state index is 10.9. The topological polar surface area (TPSA) is 87.6 Å². The second kappa shape index (κ2) is 6.62. The number of rotatable bonds is 5. The van der Waals surface area contributed by atoms with Crippen LogP contribution in [-0.2, 0) is 4.74 Å². The van der Waals surface area contributed by atoms with Crippen molar-refractivity contribution in [2.24, 2.45) is 0 Å². The first-order valence-electron chi connectivity index (χ1n) is 6.75. The van der Waals surface area contributed by atoms with E-state index in [1.165, 1.54) is 6.20 Å². The lowest BCUT2D eigenvalue weighted by molar-refractivity contribution is -0.0192. The van der Waals surface area contributed by atoms with Crippen molar-refractivity contribution in [1.82, 2.24) is 14.9 Å². The van der Waals surface area contributed by atoms with E-state index in [-0.39, 0.29) is 11.7 Å². The van der Waals surface area contributed by atoms with Crippen LogP contribution in [0.4, 0.5) is 5.95 Å². The molecule has 1 saturated heterocycles. The van der Waals surface area contributed by atoms with Crippen molar-refractivity contribution in [2.75, 3.05) is 38.1 Å². The summed E-state index contributed by atoms with van der Waals surface area (Å²) in [6.07, 6.45) is 1.43. The predicted octanol–water partition coefficient (Wildman–Crippen LogP) is 0.616. The van der Waals surface area contributed by atoms with E-state index in [9.17, 15) is 4.79 Å². The lowest BCUT2D eigenvalue weighted by Gasteiger charge is -2.32. The molecule has 20 heavy (non-hydrogen) atoms. The predicted molar refractivity (Wildman–Crippen MR) is 74.1 cm³/mol. The minimum Gasteiger partial charge on any atom is -0.478 e. The molecule has 0 bridgehead atoms. The zero-order chi connectivity index (χ0) is 14.5. The summed E-state index contributed by atoms with van der Waals surface area (Å²) >= 11 is 0. The third kappa shape index (κ3) is 3.64. The Kier molecular flexibility index (Phi) is 4.86. The lowest BCUT2D eigenvalue weighted by atomic mass is 10.2. The van der Waals surface area contributed by atoms with Crippen LogP contribution in [-0.4, -0.2) is 64.8 Å². The van der Waals surface area contributed by atoms with Gasteiger partial charge in [-0.15, -0.1) is 0 Å². The van der Waals surface area contributed by atoms with E-state index in [0.717, 1.165) is 26.2 Å². The van der Waals surface area contributed by atoms with Gasteiger partial charge in [-0.3, -0.25) is 4.90 Å². The van der Waals surface area contributed by atoms with Crippen LogP contribution >= 0.6 is 0 Å². The van der Waals surface area contributed by atoms with Crippen molar-refractivity contribution in [3.05, 3.63) is 17.5 Å². The van der Waals surface area contributed by atoms with E-state index in [0.29, 0.717) is 18.2 Å². The van der Waals surface area contributed by atoms with Crippen LogP contribution in [0.1, 0.15) is 23.0 Å². The quantitative estimate of drug-likeness (QED) is 0.817. The zero-order valence-corrected chi connectivity index (χ0v) is 11.8. The molecule has 7 nitrogen and oxygen atoms in total. The Morgan fingerprint density at radius 1 is 1.65 bits per heavy atom. The fourth-order valence-corrected chi connectivity index (χ4v) is 2.16. The van der Waals surface area contributed by atoms with Crippen LogP contribution in [0.15, 0.2) is 6.20 Å². The number of likely N-dealkylation sites (N-methyl/N-ethyl adjacent to an activating group) is 1. The molecule has 1 unspecified atom stereocenters. The number of carbonyl (C=O) groups is 1. The van der Waals surface area contributed by atoms with E-state index < -0.39 is 5.97 Å². The Hall–Kier alpha value is -1.73. The monoisotopic (exact) mass is 280 g/mol. The Bertz CT molecular complexity index is 481. The van der Waals surface area contributed by atoms with Gasteiger partial charge in [0.1, 0.15) is 0 Å². The van der Waals surface area contributed by atoms with Gasteiger partial charge >= 0.3 is 5.97 Å². The minimum absolute atomic E-state index is 0.103. The maximum Gasteiger partial charge on any atom is 0.339 e. The van der Waals surface area contributed by atoms with Crippen molar-refractivity contribution in [2.45, 2.75) is 20.0 Å². The number of aromatic nitrogens is 2. The van der Waals surface area contributed by atoms with Crippen molar-refractivity contribution in [3.8, 4) is 0 Å². The molecular formula is C13H20N4O3. The molecular weight excluding hydrogens is 260 g/mol. The van der Waals surface area contributed by atoms with Crippen LogP contribution in [0.25, 0.3) is 0 Å². The summed E-state index contributed by atoms with van der Waals surface area (Å²) in [5.74, 6) is -0.576. The fourth-order valence-electron chi connectivity index (χ4n) is 2.16. The maximum absolute atomic E-state index is 10.9. The first kappa shape index (κ1) is 14.7. The zero-order valence-electron chi connectivity index (χ0n) is 11.8. The van der Waals surface area contributed by atoms with E-state index in [4.69, 9.17) is 9.84 Å². The number of morpholine rings is 1. The third-order valence-electron chi connectivity index (χ3n) is 3.37. The number of ether oxygens (including phenoxy) is 1. The van der Waals surface area contributed by atoms with E-state index in [2.05, 4.69) is 27.1 Å². The Morgan fingerprint density at radius 3 is 3.10 bits per heavy atom. The van der Waals surface area contributed by atoms with Crippen LogP contribution < -0.4 is 5.32 Å². The molecule has 2 heterocycles. The number of aryl methyl sites for hydroxylation is 1. The lowest BCUT2D eigenvalue weighted by Crippen LogP contribution is -2.45. The smallest absolute Gasteiger partial charge is 0.339 e. The summed E-state index contributed by atoms with van der Waals surface area (Å²) in [5.41, 5.74) is 0.580. The number of nitrogens with one attached hydrogen (secondary N) is 1. The molecule has 2 rings (SSSR count). The van der Waals surface area contributed by atoms with Crippen molar-refractivity contribution < 1.29 is 14.6 Å². The van der Waals surface area contributed by atoms with E-state index in [1.807, 2.05) is 0 Å². The molecule has 110 valence electrons. The summed E-state index contributed by atoms with van der Waals surface area (Å²) in [4.78, 5) is 21.4. The number of hydrogen-bond donors (Lipinski definition) is 2. The molecule has 0 amide bonds. The summed E-state index contributed by atoms with van der Waals surface area (Å²) in [6.45, 7) is 8.01. The van der Waals surface area contributed by atoms with Gasteiger partial charge in [0.05, 0.1) is 24.0 Å². The highest BCUT2D eigenvalue weighted by Crippen LogP contribution is 2.09. The molecule has 0 radical (unpaired) electrons. The number of aromatic carboxylic acids is 1. The van der Waals surface area contributed by atoms with Gasteiger partial charge < -0.3 is 15.2 Å². The van der Waals surface area contributed by atoms with Crippen molar-refractivity contribution in [1.29, 1.82) is 0 Å². The van der Waals surface area contributed by atoms with Gasteiger partial charge in [0, 0.05) is 25.8 Å². The SMILES string of the molecule is CCN1CCOC(CNc2ncc(C(=O)O)c(C)n2)C1. The Morgan fingerprint density at radius 2 is 2.45 bits per heavy atom. The van der Waals surface area contributed by atoms with Gasteiger partial charge in [0.25, 0.3) is 0 Å². The van der Waals surface area contributed by atoms with E-state index >= 15 is 0 Å². The van der Waals surface area contributed by atoms with E-state index in [1.54, 1.807) is 6.92 Å². The van der Waals surface area contributed by atoms with Gasteiger partial charge in [-0.2, -0.15) is 0 Å². The molecule has 2 N–H and O–H groups in total. The highest BCUT2D eigenvalue weighted by Gasteiger charge is 2.19. The fraction of sp³-hybridized carbons (Fsp3) is 0.615. The third-order valence-corrected chi connectivity index (χ3v) is 3.37. The molecule has 1 aliphatic heterocycles.